The molecule has 1 aliphatic rings. The Balaban J connectivity index is 1.27. The van der Waals surface area contributed by atoms with Gasteiger partial charge in [-0.1, -0.05) is 29.8 Å². The van der Waals surface area contributed by atoms with Crippen molar-refractivity contribution in [2.24, 2.45) is 7.05 Å². The highest BCUT2D eigenvalue weighted by atomic mass is 35.5. The van der Waals surface area contributed by atoms with Crippen LogP contribution in [0.4, 0.5) is 5.82 Å². The summed E-state index contributed by atoms with van der Waals surface area (Å²) in [6.45, 7) is 7.35. The van der Waals surface area contributed by atoms with Gasteiger partial charge in [0, 0.05) is 68.8 Å². The topological polar surface area (TPSA) is 54.2 Å². The molecule has 1 N–H and O–H groups in total. The first kappa shape index (κ1) is 20.8. The van der Waals surface area contributed by atoms with Crippen LogP contribution in [-0.4, -0.2) is 60.7 Å². The molecule has 0 spiro atoms. The van der Waals surface area contributed by atoms with Crippen LogP contribution in [0.1, 0.15) is 16.8 Å². The second-order valence-corrected chi connectivity index (χ2v) is 8.39. The van der Waals surface area contributed by atoms with E-state index in [0.717, 1.165) is 59.9 Å². The highest BCUT2D eigenvalue weighted by molar-refractivity contribution is 7.80. The van der Waals surface area contributed by atoms with Gasteiger partial charge in [0.2, 0.25) is 0 Å². The number of benzene rings is 1. The van der Waals surface area contributed by atoms with Crippen molar-refractivity contribution in [2.45, 2.75) is 20.0 Å². The van der Waals surface area contributed by atoms with E-state index in [0.29, 0.717) is 6.54 Å². The lowest BCUT2D eigenvalue weighted by Gasteiger charge is -2.35. The molecule has 0 amide bonds. The third-order valence-corrected chi connectivity index (χ3v) is 6.06. The predicted molar refractivity (Wildman–Crippen MR) is 124 cm³/mol. The molecule has 3 heterocycles. The van der Waals surface area contributed by atoms with E-state index in [2.05, 4.69) is 38.4 Å². The predicted octanol–water partition coefficient (Wildman–Crippen LogP) is 3.14. The van der Waals surface area contributed by atoms with E-state index in [9.17, 15) is 0 Å². The monoisotopic (exact) mass is 443 g/mol. The summed E-state index contributed by atoms with van der Waals surface area (Å²) < 4.78 is 3.74. The van der Waals surface area contributed by atoms with Crippen molar-refractivity contribution in [1.82, 2.24) is 29.4 Å². The van der Waals surface area contributed by atoms with Gasteiger partial charge in [-0.25, -0.2) is 0 Å². The van der Waals surface area contributed by atoms with Gasteiger partial charge < -0.3 is 10.2 Å². The molecule has 0 unspecified atom stereocenters. The molecular weight excluding hydrogens is 418 g/mol. The summed E-state index contributed by atoms with van der Waals surface area (Å²) in [4.78, 5) is 4.65. The molecule has 4 rings (SSSR count). The number of aromatic nitrogens is 4. The van der Waals surface area contributed by atoms with E-state index in [4.69, 9.17) is 23.8 Å². The molecule has 0 saturated carbocycles. The van der Waals surface area contributed by atoms with Crippen molar-refractivity contribution in [2.75, 3.05) is 31.5 Å². The molecule has 30 heavy (non-hydrogen) atoms. The van der Waals surface area contributed by atoms with Crippen molar-refractivity contribution in [3.8, 4) is 0 Å². The lowest BCUT2D eigenvalue weighted by Crippen LogP contribution is -2.49. The summed E-state index contributed by atoms with van der Waals surface area (Å²) >= 11 is 11.9. The normalized spacial score (nSPS) is 14.8. The number of anilines is 1. The van der Waals surface area contributed by atoms with Crippen LogP contribution in [0.2, 0.25) is 5.02 Å². The molecule has 9 heteroatoms. The summed E-state index contributed by atoms with van der Waals surface area (Å²) in [7, 11) is 1.97. The first-order chi connectivity index (χ1) is 14.5. The third kappa shape index (κ3) is 5.00. The lowest BCUT2D eigenvalue weighted by molar-refractivity contribution is 0.176. The summed E-state index contributed by atoms with van der Waals surface area (Å²) in [6.07, 6.45) is 4.04. The number of rotatable bonds is 5. The molecule has 1 aliphatic heterocycles. The Morgan fingerprint density at radius 1 is 1.07 bits per heavy atom. The van der Waals surface area contributed by atoms with Gasteiger partial charge in [0.1, 0.15) is 0 Å². The fourth-order valence-electron chi connectivity index (χ4n) is 3.66. The molecule has 2 aromatic heterocycles. The number of nitrogens with one attached hydrogen (secondary N) is 1. The fourth-order valence-corrected chi connectivity index (χ4v) is 4.14. The van der Waals surface area contributed by atoms with Crippen LogP contribution in [0, 0.1) is 6.92 Å². The fraction of sp³-hybridized carbons (Fsp3) is 0.381. The Labute approximate surface area is 187 Å². The minimum atomic E-state index is 0.626. The average Bonchev–Trinajstić information content (AvgIpc) is 3.29. The summed E-state index contributed by atoms with van der Waals surface area (Å²) in [5.41, 5.74) is 3.43. The van der Waals surface area contributed by atoms with Crippen molar-refractivity contribution < 1.29 is 0 Å². The minimum Gasteiger partial charge on any atom is -0.346 e. The van der Waals surface area contributed by atoms with E-state index in [1.54, 1.807) is 0 Å². The average molecular weight is 444 g/mol. The zero-order valence-electron chi connectivity index (χ0n) is 17.3. The number of hydrogen-bond donors (Lipinski definition) is 1. The summed E-state index contributed by atoms with van der Waals surface area (Å²) in [5, 5.41) is 13.7. The molecular formula is C21H26ClN7S. The number of hydrogen-bond acceptors (Lipinski definition) is 4. The number of aryl methyl sites for hydroxylation is 2. The summed E-state index contributed by atoms with van der Waals surface area (Å²) in [6, 6.07) is 9.75. The Kier molecular flexibility index (Phi) is 6.36. The second-order valence-electron chi connectivity index (χ2n) is 7.60. The maximum absolute atomic E-state index is 6.25. The van der Waals surface area contributed by atoms with E-state index in [-0.39, 0.29) is 0 Å². The van der Waals surface area contributed by atoms with E-state index >= 15 is 0 Å². The molecule has 1 fully saturated rings. The number of nitrogens with zero attached hydrogens (tertiary/aromatic N) is 6. The first-order valence-electron chi connectivity index (χ1n) is 10.0. The van der Waals surface area contributed by atoms with Crippen LogP contribution >= 0.6 is 23.8 Å². The Hall–Kier alpha value is -2.42. The van der Waals surface area contributed by atoms with Gasteiger partial charge in [0.15, 0.2) is 10.9 Å². The van der Waals surface area contributed by atoms with Gasteiger partial charge in [0.05, 0.1) is 12.2 Å². The van der Waals surface area contributed by atoms with Gasteiger partial charge in [0.25, 0.3) is 0 Å². The van der Waals surface area contributed by atoms with Crippen LogP contribution in [0.15, 0.2) is 42.7 Å². The van der Waals surface area contributed by atoms with Crippen LogP contribution in [0.5, 0.6) is 0 Å². The molecule has 0 atom stereocenters. The zero-order valence-corrected chi connectivity index (χ0v) is 18.8. The van der Waals surface area contributed by atoms with E-state index < -0.39 is 0 Å². The molecule has 158 valence electrons. The van der Waals surface area contributed by atoms with Crippen molar-refractivity contribution in [1.29, 1.82) is 0 Å². The molecule has 3 aromatic rings. The second kappa shape index (κ2) is 9.16. The highest BCUT2D eigenvalue weighted by Gasteiger charge is 2.20. The lowest BCUT2D eigenvalue weighted by atomic mass is 10.2. The SMILES string of the molecule is Cc1nn(C)cc1CN1CCN(C(=S)Nc2ccn(Cc3ccccc3Cl)n2)CC1. The van der Waals surface area contributed by atoms with Gasteiger partial charge in [-0.3, -0.25) is 14.3 Å². The maximum Gasteiger partial charge on any atom is 0.174 e. The Morgan fingerprint density at radius 3 is 2.53 bits per heavy atom. The summed E-state index contributed by atoms with van der Waals surface area (Å²) in [5.74, 6) is 0.750. The van der Waals surface area contributed by atoms with Crippen LogP contribution in [0.3, 0.4) is 0 Å². The quantitative estimate of drug-likeness (QED) is 0.611. The molecule has 1 saturated heterocycles. The van der Waals surface area contributed by atoms with Gasteiger partial charge >= 0.3 is 0 Å². The number of halogens is 1. The van der Waals surface area contributed by atoms with E-state index in [1.807, 2.05) is 52.9 Å². The van der Waals surface area contributed by atoms with Gasteiger partial charge in [-0.2, -0.15) is 10.2 Å². The largest absolute Gasteiger partial charge is 0.346 e. The van der Waals surface area contributed by atoms with Crippen LogP contribution in [0.25, 0.3) is 0 Å². The molecule has 7 nitrogen and oxygen atoms in total. The van der Waals surface area contributed by atoms with Crippen LogP contribution in [-0.2, 0) is 20.1 Å². The van der Waals surface area contributed by atoms with Crippen LogP contribution < -0.4 is 5.32 Å². The Morgan fingerprint density at radius 2 is 1.83 bits per heavy atom. The standard InChI is InChI=1S/C21H26ClN7S/c1-16-18(13-26(2)24-16)14-27-9-11-28(12-10-27)21(30)23-20-7-8-29(25-20)15-17-5-3-4-6-19(17)22/h3-8,13H,9-12,14-15H2,1-2H3,(H,23,25,30). The van der Waals surface area contributed by atoms with Gasteiger partial charge in [-0.05, 0) is 30.8 Å². The third-order valence-electron chi connectivity index (χ3n) is 5.33. The highest BCUT2D eigenvalue weighted by Crippen LogP contribution is 2.17. The zero-order chi connectivity index (χ0) is 21.1. The van der Waals surface area contributed by atoms with Crippen molar-refractivity contribution in [3.63, 3.8) is 0 Å². The molecule has 1 aromatic carbocycles. The number of piperazine rings is 1. The number of thiocarbonyl (C=S) groups is 1. The first-order valence-corrected chi connectivity index (χ1v) is 10.8. The van der Waals surface area contributed by atoms with Crippen molar-refractivity contribution in [3.05, 3.63) is 64.6 Å². The molecule has 0 radical (unpaired) electrons. The molecule has 0 bridgehead atoms. The molecule has 0 aliphatic carbocycles. The Bertz CT molecular complexity index is 1020. The van der Waals surface area contributed by atoms with Gasteiger partial charge in [-0.15, -0.1) is 0 Å². The minimum absolute atomic E-state index is 0.626. The maximum atomic E-state index is 6.25. The van der Waals surface area contributed by atoms with E-state index in [1.165, 1.54) is 5.56 Å². The smallest absolute Gasteiger partial charge is 0.174 e. The van der Waals surface area contributed by atoms with Crippen molar-refractivity contribution >= 4 is 34.7 Å².